The van der Waals surface area contributed by atoms with Gasteiger partial charge in [0.2, 0.25) is 0 Å². The van der Waals surface area contributed by atoms with Crippen LogP contribution in [0.3, 0.4) is 0 Å². The van der Waals surface area contributed by atoms with Gasteiger partial charge in [0.25, 0.3) is 5.91 Å². The average Bonchev–Trinajstić information content (AvgIpc) is 2.47. The Morgan fingerprint density at radius 2 is 2.00 bits per heavy atom. The number of likely N-dealkylation sites (N-methyl/N-ethyl adjacent to an activating group) is 1. The molecule has 0 aromatic heterocycles. The lowest BCUT2D eigenvalue weighted by Gasteiger charge is -2.21. The number of aromatic carboxylic acids is 1. The van der Waals surface area contributed by atoms with Crippen LogP contribution in [0.4, 0.5) is 0 Å². The zero-order valence-electron chi connectivity index (χ0n) is 12.4. The topological polar surface area (TPSA) is 66.8 Å². The Balaban J connectivity index is 2.54. The largest absolute Gasteiger partial charge is 0.478 e. The minimum absolute atomic E-state index is 0.110. The molecule has 0 saturated heterocycles. The van der Waals surface area contributed by atoms with Gasteiger partial charge in [-0.1, -0.05) is 18.2 Å². The molecule has 0 saturated carbocycles. The predicted molar refractivity (Wildman–Crippen MR) is 80.1 cm³/mol. The van der Waals surface area contributed by atoms with E-state index < -0.39 is 12.1 Å². The molecule has 114 valence electrons. The van der Waals surface area contributed by atoms with Gasteiger partial charge >= 0.3 is 5.97 Å². The van der Waals surface area contributed by atoms with Crippen LogP contribution in [0.25, 0.3) is 0 Å². The number of carbonyl (C=O) groups is 2. The second-order valence-electron chi connectivity index (χ2n) is 4.79. The predicted octanol–water partition coefficient (Wildman–Crippen LogP) is 2.32. The van der Waals surface area contributed by atoms with Crippen LogP contribution in [-0.2, 0) is 16.1 Å². The summed E-state index contributed by atoms with van der Waals surface area (Å²) in [6, 6.07) is 6.47. The van der Waals surface area contributed by atoms with Crippen molar-refractivity contribution in [3.8, 4) is 0 Å². The first-order valence-corrected chi connectivity index (χ1v) is 6.75. The molecule has 1 amide bonds. The molecule has 1 aromatic rings. The van der Waals surface area contributed by atoms with Gasteiger partial charge in [-0.2, -0.15) is 0 Å². The first kappa shape index (κ1) is 16.9. The zero-order chi connectivity index (χ0) is 15.8. The summed E-state index contributed by atoms with van der Waals surface area (Å²) < 4.78 is 5.41. The number of hydrogen-bond donors (Lipinski definition) is 1. The van der Waals surface area contributed by atoms with Crippen LogP contribution in [0, 0.1) is 0 Å². The van der Waals surface area contributed by atoms with E-state index in [9.17, 15) is 9.59 Å². The molecule has 0 spiro atoms. The van der Waals surface area contributed by atoms with Gasteiger partial charge in [0.05, 0.1) is 12.2 Å². The standard InChI is InChI=1S/C16H21NO4/c1-4-5-10-21-12(2)15(18)17(3)11-13-6-8-14(9-7-13)16(19)20/h4,6-9,12H,1,5,10-11H2,2-3H3,(H,19,20). The van der Waals surface area contributed by atoms with Crippen molar-refractivity contribution < 1.29 is 19.4 Å². The van der Waals surface area contributed by atoms with Crippen molar-refractivity contribution in [2.45, 2.75) is 26.0 Å². The van der Waals surface area contributed by atoms with Crippen molar-refractivity contribution in [1.82, 2.24) is 4.90 Å². The maximum atomic E-state index is 12.1. The van der Waals surface area contributed by atoms with E-state index in [2.05, 4.69) is 6.58 Å². The van der Waals surface area contributed by atoms with E-state index >= 15 is 0 Å². The van der Waals surface area contributed by atoms with Crippen LogP contribution in [0.5, 0.6) is 0 Å². The Kier molecular flexibility index (Phi) is 6.62. The quantitative estimate of drug-likeness (QED) is 0.589. The molecule has 5 nitrogen and oxygen atoms in total. The summed E-state index contributed by atoms with van der Waals surface area (Å²) in [4.78, 5) is 24.4. The Bertz CT molecular complexity index is 496. The van der Waals surface area contributed by atoms with E-state index in [-0.39, 0.29) is 11.5 Å². The Morgan fingerprint density at radius 1 is 1.38 bits per heavy atom. The Labute approximate surface area is 124 Å². The van der Waals surface area contributed by atoms with Crippen LogP contribution >= 0.6 is 0 Å². The first-order valence-electron chi connectivity index (χ1n) is 6.75. The summed E-state index contributed by atoms with van der Waals surface area (Å²) in [6.07, 6.45) is 1.94. The highest BCUT2D eigenvalue weighted by molar-refractivity contribution is 5.87. The Morgan fingerprint density at radius 3 is 2.52 bits per heavy atom. The van der Waals surface area contributed by atoms with E-state index in [0.717, 1.165) is 5.56 Å². The average molecular weight is 291 g/mol. The molecule has 1 aromatic carbocycles. The highest BCUT2D eigenvalue weighted by Gasteiger charge is 2.18. The van der Waals surface area contributed by atoms with Gasteiger partial charge in [-0.05, 0) is 31.0 Å². The molecule has 0 fully saturated rings. The number of carboxylic acid groups (broad SMARTS) is 1. The molecule has 1 rings (SSSR count). The summed E-state index contributed by atoms with van der Waals surface area (Å²) in [5, 5.41) is 8.83. The second kappa shape index (κ2) is 8.21. The summed E-state index contributed by atoms with van der Waals surface area (Å²) in [5.41, 5.74) is 1.10. The molecule has 0 heterocycles. The molecule has 0 bridgehead atoms. The van der Waals surface area contributed by atoms with Gasteiger partial charge in [0, 0.05) is 13.6 Å². The minimum atomic E-state index is -0.963. The summed E-state index contributed by atoms with van der Waals surface area (Å²) >= 11 is 0. The van der Waals surface area contributed by atoms with E-state index in [1.165, 1.54) is 12.1 Å². The summed E-state index contributed by atoms with van der Waals surface area (Å²) in [5.74, 6) is -1.07. The fourth-order valence-electron chi connectivity index (χ4n) is 1.81. The van der Waals surface area contributed by atoms with Gasteiger partial charge < -0.3 is 14.7 Å². The number of amides is 1. The molecule has 0 aliphatic heterocycles. The molecule has 0 radical (unpaired) electrons. The number of benzene rings is 1. The van der Waals surface area contributed by atoms with Gasteiger partial charge in [-0.15, -0.1) is 6.58 Å². The number of rotatable bonds is 8. The lowest BCUT2D eigenvalue weighted by Crippen LogP contribution is -2.36. The maximum absolute atomic E-state index is 12.1. The third-order valence-electron chi connectivity index (χ3n) is 3.03. The SMILES string of the molecule is C=CCCOC(C)C(=O)N(C)Cc1ccc(C(=O)O)cc1. The maximum Gasteiger partial charge on any atom is 0.335 e. The van der Waals surface area contributed by atoms with Crippen molar-refractivity contribution in [3.05, 3.63) is 48.0 Å². The number of ether oxygens (including phenoxy) is 1. The van der Waals surface area contributed by atoms with Gasteiger partial charge in [-0.3, -0.25) is 4.79 Å². The van der Waals surface area contributed by atoms with Crippen molar-refractivity contribution in [3.63, 3.8) is 0 Å². The van der Waals surface area contributed by atoms with Crippen molar-refractivity contribution in [1.29, 1.82) is 0 Å². The van der Waals surface area contributed by atoms with Crippen LogP contribution in [0.1, 0.15) is 29.3 Å². The molecule has 0 aliphatic rings. The molecule has 1 N–H and O–H groups in total. The number of nitrogens with zero attached hydrogens (tertiary/aromatic N) is 1. The van der Waals surface area contributed by atoms with E-state index in [0.29, 0.717) is 19.6 Å². The molecule has 1 unspecified atom stereocenters. The molecule has 1 atom stereocenters. The minimum Gasteiger partial charge on any atom is -0.478 e. The van der Waals surface area contributed by atoms with Crippen LogP contribution in [0.2, 0.25) is 0 Å². The molecule has 5 heteroatoms. The highest BCUT2D eigenvalue weighted by atomic mass is 16.5. The van der Waals surface area contributed by atoms with Gasteiger partial charge in [0.1, 0.15) is 6.10 Å². The monoisotopic (exact) mass is 291 g/mol. The zero-order valence-corrected chi connectivity index (χ0v) is 12.4. The van der Waals surface area contributed by atoms with Gasteiger partial charge in [0.15, 0.2) is 0 Å². The summed E-state index contributed by atoms with van der Waals surface area (Å²) in [7, 11) is 1.70. The highest BCUT2D eigenvalue weighted by Crippen LogP contribution is 2.08. The van der Waals surface area contributed by atoms with Crippen LogP contribution in [-0.4, -0.2) is 41.6 Å². The van der Waals surface area contributed by atoms with E-state index in [1.54, 1.807) is 37.1 Å². The van der Waals surface area contributed by atoms with Crippen LogP contribution in [0.15, 0.2) is 36.9 Å². The Hall–Kier alpha value is -2.14. The third-order valence-corrected chi connectivity index (χ3v) is 3.03. The summed E-state index contributed by atoms with van der Waals surface area (Å²) in [6.45, 7) is 6.19. The fraction of sp³-hybridized carbons (Fsp3) is 0.375. The lowest BCUT2D eigenvalue weighted by molar-refractivity contribution is -0.141. The van der Waals surface area contributed by atoms with Gasteiger partial charge in [-0.25, -0.2) is 4.79 Å². The second-order valence-corrected chi connectivity index (χ2v) is 4.79. The van der Waals surface area contributed by atoms with Crippen molar-refractivity contribution in [2.24, 2.45) is 0 Å². The molecule has 21 heavy (non-hydrogen) atoms. The van der Waals surface area contributed by atoms with Crippen LogP contribution < -0.4 is 0 Å². The first-order chi connectivity index (χ1) is 9.95. The number of carboxylic acids is 1. The third kappa shape index (κ3) is 5.39. The van der Waals surface area contributed by atoms with E-state index in [4.69, 9.17) is 9.84 Å². The molecular weight excluding hydrogens is 270 g/mol. The van der Waals surface area contributed by atoms with Crippen molar-refractivity contribution >= 4 is 11.9 Å². The fourth-order valence-corrected chi connectivity index (χ4v) is 1.81. The van der Waals surface area contributed by atoms with E-state index in [1.807, 2.05) is 0 Å². The smallest absolute Gasteiger partial charge is 0.335 e. The molecule has 0 aliphatic carbocycles. The number of hydrogen-bond acceptors (Lipinski definition) is 3. The molecular formula is C16H21NO4. The van der Waals surface area contributed by atoms with Crippen molar-refractivity contribution in [2.75, 3.05) is 13.7 Å². The number of carbonyl (C=O) groups excluding carboxylic acids is 1. The normalized spacial score (nSPS) is 11.7. The lowest BCUT2D eigenvalue weighted by atomic mass is 10.1.